The Morgan fingerprint density at radius 2 is 1.70 bits per heavy atom. The molecule has 0 aromatic carbocycles. The maximum atomic E-state index is 3.68. The molecule has 1 aliphatic rings. The van der Waals surface area contributed by atoms with Gasteiger partial charge in [0.05, 0.1) is 0 Å². The Balaban J connectivity index is 2.13. The molecule has 0 heterocycles. The second-order valence-corrected chi connectivity index (χ2v) is 5.77. The van der Waals surface area contributed by atoms with Gasteiger partial charge in [-0.15, -0.1) is 0 Å². The topological polar surface area (TPSA) is 12.0 Å². The van der Waals surface area contributed by atoms with Crippen molar-refractivity contribution in [2.24, 2.45) is 0 Å². The molecule has 10 heavy (non-hydrogen) atoms. The highest BCUT2D eigenvalue weighted by molar-refractivity contribution is 6.52. The van der Waals surface area contributed by atoms with Gasteiger partial charge in [0.15, 0.2) is 0 Å². The van der Waals surface area contributed by atoms with Crippen molar-refractivity contribution in [1.29, 1.82) is 0 Å². The van der Waals surface area contributed by atoms with Crippen molar-refractivity contribution in [1.82, 2.24) is 4.98 Å². The Labute approximate surface area is 65.9 Å². The van der Waals surface area contributed by atoms with Crippen molar-refractivity contribution < 1.29 is 0 Å². The van der Waals surface area contributed by atoms with E-state index < -0.39 is 0 Å². The lowest BCUT2D eigenvalue weighted by Crippen LogP contribution is -2.38. The van der Waals surface area contributed by atoms with Gasteiger partial charge in [-0.3, -0.25) is 0 Å². The maximum absolute atomic E-state index is 3.68. The third-order valence-electron chi connectivity index (χ3n) is 2.10. The first kappa shape index (κ1) is 8.28. The zero-order valence-corrected chi connectivity index (χ0v) is 8.11. The van der Waals surface area contributed by atoms with Gasteiger partial charge < -0.3 is 4.98 Å². The van der Waals surface area contributed by atoms with Gasteiger partial charge in [0.2, 0.25) is 0 Å². The second kappa shape index (κ2) is 4.14. The minimum Gasteiger partial charge on any atom is -0.336 e. The normalized spacial score (nSPS) is 21.9. The molecule has 1 N–H and O–H groups in total. The smallest absolute Gasteiger partial charge is 0.127 e. The summed E-state index contributed by atoms with van der Waals surface area (Å²) in [6.07, 6.45) is 7.22. The average molecular weight is 156 g/mol. The molecule has 0 aliphatic heterocycles. The van der Waals surface area contributed by atoms with E-state index in [4.69, 9.17) is 0 Å². The number of hydrogen-bond donors (Lipinski definition) is 1. The molecule has 1 radical (unpaired) electrons. The Hall–Kier alpha value is 0.177. The molecular weight excluding hydrogens is 138 g/mol. The molecule has 0 aromatic heterocycles. The third kappa shape index (κ3) is 2.84. The predicted octanol–water partition coefficient (Wildman–Crippen LogP) is 2.16. The molecule has 0 unspecified atom stereocenters. The summed E-state index contributed by atoms with van der Waals surface area (Å²) >= 11 is 0. The fraction of sp³-hybridized carbons (Fsp3) is 1.00. The summed E-state index contributed by atoms with van der Waals surface area (Å²) in [5.74, 6) is 0. The molecule has 0 aromatic rings. The van der Waals surface area contributed by atoms with Crippen LogP contribution in [-0.2, 0) is 0 Å². The molecular formula is C8H18NSi. The van der Waals surface area contributed by atoms with Crippen molar-refractivity contribution in [2.75, 3.05) is 0 Å². The minimum absolute atomic E-state index is 0.184. The van der Waals surface area contributed by atoms with Crippen molar-refractivity contribution >= 4 is 8.96 Å². The molecule has 0 bridgehead atoms. The van der Waals surface area contributed by atoms with Crippen LogP contribution in [0, 0.1) is 0 Å². The first-order chi connectivity index (χ1) is 4.79. The number of hydrogen-bond acceptors (Lipinski definition) is 1. The van der Waals surface area contributed by atoms with Gasteiger partial charge in [0.25, 0.3) is 0 Å². The lowest BCUT2D eigenvalue weighted by atomic mass is 9.96. The van der Waals surface area contributed by atoms with E-state index in [1.807, 2.05) is 0 Å². The van der Waals surface area contributed by atoms with Gasteiger partial charge in [-0.1, -0.05) is 32.4 Å². The Morgan fingerprint density at radius 1 is 1.10 bits per heavy atom. The lowest BCUT2D eigenvalue weighted by Gasteiger charge is -2.24. The van der Waals surface area contributed by atoms with Crippen LogP contribution in [0.2, 0.25) is 13.1 Å². The standard InChI is InChI=1S/C8H18NSi/c1-10(2)9-8-6-4-3-5-7-8/h8-9H,3-7H2,1-2H3. The van der Waals surface area contributed by atoms with Crippen LogP contribution >= 0.6 is 0 Å². The van der Waals surface area contributed by atoms with Gasteiger partial charge in [0, 0.05) is 6.04 Å². The summed E-state index contributed by atoms with van der Waals surface area (Å²) in [7, 11) is -0.184. The van der Waals surface area contributed by atoms with E-state index in [1.165, 1.54) is 32.1 Å². The monoisotopic (exact) mass is 156 g/mol. The van der Waals surface area contributed by atoms with Crippen molar-refractivity contribution in [2.45, 2.75) is 51.2 Å². The molecule has 0 saturated heterocycles. The van der Waals surface area contributed by atoms with E-state index >= 15 is 0 Å². The maximum Gasteiger partial charge on any atom is 0.127 e. The van der Waals surface area contributed by atoms with Crippen LogP contribution in [0.5, 0.6) is 0 Å². The highest BCUT2D eigenvalue weighted by atomic mass is 28.3. The van der Waals surface area contributed by atoms with Gasteiger partial charge in [-0.25, -0.2) is 0 Å². The summed E-state index contributed by atoms with van der Waals surface area (Å²) in [4.78, 5) is 3.68. The van der Waals surface area contributed by atoms with Crippen LogP contribution in [0.25, 0.3) is 0 Å². The number of rotatable bonds is 2. The first-order valence-corrected chi connectivity index (χ1v) is 6.86. The molecule has 1 rings (SSSR count). The Morgan fingerprint density at radius 3 is 2.20 bits per heavy atom. The van der Waals surface area contributed by atoms with E-state index in [2.05, 4.69) is 18.1 Å². The summed E-state index contributed by atoms with van der Waals surface area (Å²) < 4.78 is 0. The van der Waals surface area contributed by atoms with Crippen molar-refractivity contribution in [3.8, 4) is 0 Å². The van der Waals surface area contributed by atoms with Crippen LogP contribution in [0.3, 0.4) is 0 Å². The van der Waals surface area contributed by atoms with Gasteiger partial charge in [-0.05, 0) is 12.8 Å². The minimum atomic E-state index is -0.184. The van der Waals surface area contributed by atoms with Crippen molar-refractivity contribution in [3.05, 3.63) is 0 Å². The van der Waals surface area contributed by atoms with Gasteiger partial charge in [-0.2, -0.15) is 0 Å². The highest BCUT2D eigenvalue weighted by Crippen LogP contribution is 2.17. The highest BCUT2D eigenvalue weighted by Gasteiger charge is 2.13. The molecule has 1 fully saturated rings. The van der Waals surface area contributed by atoms with Crippen LogP contribution in [0.15, 0.2) is 0 Å². The van der Waals surface area contributed by atoms with Crippen LogP contribution in [0.4, 0.5) is 0 Å². The Bertz CT molecular complexity index is 87.3. The van der Waals surface area contributed by atoms with Crippen LogP contribution in [0.1, 0.15) is 32.1 Å². The SMILES string of the molecule is C[Si](C)NC1CCCCC1. The van der Waals surface area contributed by atoms with E-state index in [0.717, 1.165) is 6.04 Å². The molecule has 1 aliphatic carbocycles. The zero-order valence-electron chi connectivity index (χ0n) is 7.11. The molecule has 0 spiro atoms. The van der Waals surface area contributed by atoms with Crippen LogP contribution in [-0.4, -0.2) is 15.0 Å². The molecule has 1 nitrogen and oxygen atoms in total. The summed E-state index contributed by atoms with van der Waals surface area (Å²) in [6, 6.07) is 0.873. The fourth-order valence-electron chi connectivity index (χ4n) is 1.66. The first-order valence-electron chi connectivity index (χ1n) is 4.36. The van der Waals surface area contributed by atoms with Gasteiger partial charge >= 0.3 is 0 Å². The quantitative estimate of drug-likeness (QED) is 0.604. The third-order valence-corrected chi connectivity index (χ3v) is 3.08. The van der Waals surface area contributed by atoms with E-state index in [-0.39, 0.29) is 8.96 Å². The molecule has 0 amide bonds. The van der Waals surface area contributed by atoms with E-state index in [1.54, 1.807) is 0 Å². The zero-order chi connectivity index (χ0) is 7.40. The molecule has 59 valence electrons. The van der Waals surface area contributed by atoms with Gasteiger partial charge in [0.1, 0.15) is 8.96 Å². The summed E-state index contributed by atoms with van der Waals surface area (Å²) in [5.41, 5.74) is 0. The Kier molecular flexibility index (Phi) is 3.42. The predicted molar refractivity (Wildman–Crippen MR) is 47.5 cm³/mol. The van der Waals surface area contributed by atoms with Crippen LogP contribution < -0.4 is 4.98 Å². The summed E-state index contributed by atoms with van der Waals surface area (Å²) in [5, 5.41) is 0. The van der Waals surface area contributed by atoms with E-state index in [9.17, 15) is 0 Å². The molecule has 2 heteroatoms. The fourth-order valence-corrected chi connectivity index (χ4v) is 2.76. The molecule has 1 saturated carbocycles. The lowest BCUT2D eigenvalue weighted by molar-refractivity contribution is 0.417. The molecule has 0 atom stereocenters. The largest absolute Gasteiger partial charge is 0.336 e. The second-order valence-electron chi connectivity index (χ2n) is 3.48. The van der Waals surface area contributed by atoms with E-state index in [0.29, 0.717) is 0 Å². The summed E-state index contributed by atoms with van der Waals surface area (Å²) in [6.45, 7) is 4.67. The van der Waals surface area contributed by atoms with Crippen molar-refractivity contribution in [3.63, 3.8) is 0 Å². The number of nitrogens with one attached hydrogen (secondary N) is 1. The average Bonchev–Trinajstić information content (AvgIpc) is 1.88.